The molecule has 3 rings (SSSR count). The first kappa shape index (κ1) is 11.7. The monoisotopic (exact) mass is 239 g/mol. The van der Waals surface area contributed by atoms with Crippen molar-refractivity contribution < 1.29 is 0 Å². The Morgan fingerprint density at radius 2 is 1.78 bits per heavy atom. The zero-order valence-electron chi connectivity index (χ0n) is 11.2. The van der Waals surface area contributed by atoms with E-state index in [9.17, 15) is 0 Å². The second-order valence-corrected chi connectivity index (χ2v) is 5.53. The zero-order chi connectivity index (χ0) is 12.4. The lowest BCUT2D eigenvalue weighted by Gasteiger charge is -2.25. The first-order chi connectivity index (χ1) is 8.83. The van der Waals surface area contributed by atoms with Crippen molar-refractivity contribution in [2.24, 2.45) is 4.99 Å². The summed E-state index contributed by atoms with van der Waals surface area (Å²) in [5.41, 5.74) is 7.42. The third-order valence-electron chi connectivity index (χ3n) is 4.14. The maximum Gasteiger partial charge on any atom is 0.0430 e. The molecule has 0 fully saturated rings. The van der Waals surface area contributed by atoms with E-state index in [1.54, 1.807) is 11.1 Å². The number of allylic oxidation sites excluding steroid dienone is 1. The summed E-state index contributed by atoms with van der Waals surface area (Å²) in [6.45, 7) is 3.16. The van der Waals surface area contributed by atoms with Gasteiger partial charge in [0, 0.05) is 18.7 Å². The molecule has 0 spiro atoms. The van der Waals surface area contributed by atoms with Gasteiger partial charge < -0.3 is 0 Å². The topological polar surface area (TPSA) is 12.4 Å². The molecule has 1 heterocycles. The van der Waals surface area contributed by atoms with Gasteiger partial charge in [-0.2, -0.15) is 0 Å². The second kappa shape index (κ2) is 5.09. The molecular weight excluding hydrogens is 218 g/mol. The number of benzene rings is 1. The highest BCUT2D eigenvalue weighted by Gasteiger charge is 2.20. The van der Waals surface area contributed by atoms with Crippen LogP contribution in [0.1, 0.15) is 43.2 Å². The van der Waals surface area contributed by atoms with Crippen molar-refractivity contribution in [3.63, 3.8) is 0 Å². The largest absolute Gasteiger partial charge is 0.289 e. The van der Waals surface area contributed by atoms with Crippen LogP contribution in [-0.2, 0) is 6.42 Å². The highest BCUT2D eigenvalue weighted by Crippen LogP contribution is 2.31. The molecule has 1 aliphatic heterocycles. The molecule has 1 aliphatic carbocycles. The summed E-state index contributed by atoms with van der Waals surface area (Å²) in [5.74, 6) is 0. The molecule has 0 amide bonds. The third kappa shape index (κ3) is 2.40. The van der Waals surface area contributed by atoms with E-state index in [1.807, 2.05) is 0 Å². The fraction of sp³-hybridized carbons (Fsp3) is 0.471. The number of nitrogens with zero attached hydrogens (tertiary/aromatic N) is 1. The summed E-state index contributed by atoms with van der Waals surface area (Å²) in [6.07, 6.45) is 7.57. The van der Waals surface area contributed by atoms with Crippen LogP contribution in [0.25, 0.3) is 0 Å². The molecule has 1 aromatic carbocycles. The molecule has 1 aromatic rings. The first-order valence-corrected chi connectivity index (χ1v) is 7.13. The van der Waals surface area contributed by atoms with E-state index in [0.29, 0.717) is 0 Å². The fourth-order valence-electron chi connectivity index (χ4n) is 3.08. The summed E-state index contributed by atoms with van der Waals surface area (Å²) in [7, 11) is 0. The molecule has 0 saturated heterocycles. The lowest BCUT2D eigenvalue weighted by Crippen LogP contribution is -2.18. The van der Waals surface area contributed by atoms with E-state index in [2.05, 4.69) is 31.2 Å². The maximum absolute atomic E-state index is 4.79. The highest BCUT2D eigenvalue weighted by molar-refractivity contribution is 6.02. The Kier molecular flexibility index (Phi) is 3.31. The average Bonchev–Trinajstić information content (AvgIpc) is 2.42. The van der Waals surface area contributed by atoms with Gasteiger partial charge in [-0.1, -0.05) is 35.4 Å². The number of hydrogen-bond acceptors (Lipinski definition) is 1. The van der Waals surface area contributed by atoms with E-state index in [0.717, 1.165) is 13.0 Å². The number of rotatable bonds is 2. The number of hydrogen-bond donors (Lipinski definition) is 0. The predicted molar refractivity (Wildman–Crippen MR) is 77.3 cm³/mol. The maximum atomic E-state index is 4.79. The van der Waals surface area contributed by atoms with E-state index in [-0.39, 0.29) is 0 Å². The summed E-state index contributed by atoms with van der Waals surface area (Å²) >= 11 is 0. The average molecular weight is 239 g/mol. The van der Waals surface area contributed by atoms with Crippen molar-refractivity contribution in [3.8, 4) is 0 Å². The normalized spacial score (nSPS) is 19.5. The third-order valence-corrected chi connectivity index (χ3v) is 4.14. The van der Waals surface area contributed by atoms with Crippen LogP contribution in [0.3, 0.4) is 0 Å². The van der Waals surface area contributed by atoms with Gasteiger partial charge in [-0.05, 0) is 50.2 Å². The predicted octanol–water partition coefficient (Wildman–Crippen LogP) is 4.25. The molecule has 0 atom stereocenters. The Balaban J connectivity index is 1.81. The Morgan fingerprint density at radius 3 is 2.61 bits per heavy atom. The van der Waals surface area contributed by atoms with E-state index >= 15 is 0 Å². The van der Waals surface area contributed by atoms with Gasteiger partial charge in [-0.25, -0.2) is 0 Å². The van der Waals surface area contributed by atoms with Crippen LogP contribution in [0.4, 0.5) is 0 Å². The Labute approximate surface area is 110 Å². The van der Waals surface area contributed by atoms with Crippen LogP contribution < -0.4 is 0 Å². The molecule has 18 heavy (non-hydrogen) atoms. The molecule has 0 N–H and O–H groups in total. The van der Waals surface area contributed by atoms with Gasteiger partial charge in [-0.15, -0.1) is 0 Å². The van der Waals surface area contributed by atoms with Gasteiger partial charge >= 0.3 is 0 Å². The quantitative estimate of drug-likeness (QED) is 0.731. The molecule has 0 unspecified atom stereocenters. The SMILES string of the molecule is Cc1ccc(CC2=NCCC3=C2CCCC3)cc1. The smallest absolute Gasteiger partial charge is 0.0430 e. The number of aryl methyl sites for hydroxylation is 1. The standard InChI is InChI=1S/C17H21N/c1-13-6-8-14(9-7-13)12-17-16-5-3-2-4-15(16)10-11-18-17/h6-9H,2-5,10-12H2,1H3. The lowest BCUT2D eigenvalue weighted by atomic mass is 9.84. The van der Waals surface area contributed by atoms with E-state index in [1.165, 1.54) is 48.9 Å². The Bertz CT molecular complexity index is 491. The van der Waals surface area contributed by atoms with Gasteiger partial charge in [-0.3, -0.25) is 4.99 Å². The summed E-state index contributed by atoms with van der Waals surface area (Å²) in [4.78, 5) is 4.79. The molecule has 0 radical (unpaired) electrons. The van der Waals surface area contributed by atoms with Crippen LogP contribution in [0.15, 0.2) is 40.4 Å². The minimum Gasteiger partial charge on any atom is -0.289 e. The summed E-state index contributed by atoms with van der Waals surface area (Å²) in [6, 6.07) is 8.90. The van der Waals surface area contributed by atoms with Crippen LogP contribution in [0.5, 0.6) is 0 Å². The van der Waals surface area contributed by atoms with Crippen molar-refractivity contribution in [1.82, 2.24) is 0 Å². The van der Waals surface area contributed by atoms with Gasteiger partial charge in [0.05, 0.1) is 0 Å². The molecule has 0 bridgehead atoms. The highest BCUT2D eigenvalue weighted by atomic mass is 14.7. The summed E-state index contributed by atoms with van der Waals surface area (Å²) < 4.78 is 0. The van der Waals surface area contributed by atoms with Gasteiger partial charge in [0.15, 0.2) is 0 Å². The van der Waals surface area contributed by atoms with Crippen LogP contribution >= 0.6 is 0 Å². The van der Waals surface area contributed by atoms with E-state index < -0.39 is 0 Å². The lowest BCUT2D eigenvalue weighted by molar-refractivity contribution is 0.653. The molecule has 0 aromatic heterocycles. The minimum absolute atomic E-state index is 1.01. The Morgan fingerprint density at radius 1 is 1.00 bits per heavy atom. The van der Waals surface area contributed by atoms with Crippen LogP contribution in [0.2, 0.25) is 0 Å². The molecule has 94 valence electrons. The van der Waals surface area contributed by atoms with Crippen molar-refractivity contribution in [1.29, 1.82) is 0 Å². The number of aliphatic imine (C=N–C) groups is 1. The van der Waals surface area contributed by atoms with Crippen LogP contribution in [0, 0.1) is 6.92 Å². The molecule has 0 saturated carbocycles. The van der Waals surface area contributed by atoms with E-state index in [4.69, 9.17) is 4.99 Å². The fourth-order valence-corrected chi connectivity index (χ4v) is 3.08. The molecule has 1 heteroatoms. The Hall–Kier alpha value is -1.37. The zero-order valence-corrected chi connectivity index (χ0v) is 11.2. The minimum atomic E-state index is 1.01. The van der Waals surface area contributed by atoms with Gasteiger partial charge in [0.2, 0.25) is 0 Å². The van der Waals surface area contributed by atoms with Gasteiger partial charge in [0.25, 0.3) is 0 Å². The summed E-state index contributed by atoms with van der Waals surface area (Å²) in [5, 5.41) is 0. The van der Waals surface area contributed by atoms with Crippen molar-refractivity contribution in [2.75, 3.05) is 6.54 Å². The van der Waals surface area contributed by atoms with Crippen molar-refractivity contribution in [2.45, 2.75) is 45.4 Å². The number of dihydropyridines is 1. The second-order valence-electron chi connectivity index (χ2n) is 5.53. The first-order valence-electron chi connectivity index (χ1n) is 7.13. The van der Waals surface area contributed by atoms with Crippen molar-refractivity contribution >= 4 is 5.71 Å². The molecule has 2 aliphatic rings. The molecular formula is C17H21N. The molecule has 1 nitrogen and oxygen atoms in total. The van der Waals surface area contributed by atoms with Gasteiger partial charge in [0.1, 0.15) is 0 Å². The van der Waals surface area contributed by atoms with Crippen molar-refractivity contribution in [3.05, 3.63) is 46.5 Å². The van der Waals surface area contributed by atoms with Crippen LogP contribution in [-0.4, -0.2) is 12.3 Å².